The maximum Gasteiger partial charge on any atom is 0.421 e. The predicted molar refractivity (Wildman–Crippen MR) is 100 cm³/mol. The van der Waals surface area contributed by atoms with E-state index in [2.05, 4.69) is 0 Å². The summed E-state index contributed by atoms with van der Waals surface area (Å²) in [6.07, 6.45) is -6.85. The van der Waals surface area contributed by atoms with Gasteiger partial charge >= 0.3 is 12.3 Å². The summed E-state index contributed by atoms with van der Waals surface area (Å²) in [6, 6.07) is 3.44. The van der Waals surface area contributed by atoms with Crippen molar-refractivity contribution in [3.8, 4) is 0 Å². The van der Waals surface area contributed by atoms with Crippen molar-refractivity contribution in [3.05, 3.63) is 35.4 Å². The fourth-order valence-corrected chi connectivity index (χ4v) is 4.67. The van der Waals surface area contributed by atoms with Crippen molar-refractivity contribution in [2.24, 2.45) is 0 Å². The maximum atomic E-state index is 12.9. The molecule has 158 valence electrons. The molecule has 1 amide bonds. The number of amides is 1. The molecule has 0 bridgehead atoms. The summed E-state index contributed by atoms with van der Waals surface area (Å²) in [4.78, 5) is 11.6. The molecule has 0 aromatic heterocycles. The van der Waals surface area contributed by atoms with E-state index in [1.807, 2.05) is 33.9 Å². The van der Waals surface area contributed by atoms with Gasteiger partial charge in [-0.05, 0) is 35.8 Å². The van der Waals surface area contributed by atoms with Gasteiger partial charge in [0, 0.05) is 0 Å². The number of benzene rings is 1. The van der Waals surface area contributed by atoms with Crippen LogP contribution in [0.15, 0.2) is 24.3 Å². The smallest absolute Gasteiger partial charge is 0.421 e. The lowest BCUT2D eigenvalue weighted by molar-refractivity contribution is -0.137. The molecule has 0 aliphatic carbocycles. The first kappa shape index (κ1) is 22.9. The van der Waals surface area contributed by atoms with Crippen LogP contribution in [0, 0.1) is 0 Å². The fraction of sp³-hybridized carbons (Fsp3) is 0.588. The molecule has 28 heavy (non-hydrogen) atoms. The second kappa shape index (κ2) is 7.77. The fourth-order valence-electron chi connectivity index (χ4n) is 2.50. The van der Waals surface area contributed by atoms with E-state index >= 15 is 0 Å². The van der Waals surface area contributed by atoms with Crippen LogP contribution in [-0.4, -0.2) is 40.7 Å². The van der Waals surface area contributed by atoms with E-state index in [1.165, 1.54) is 12.1 Å². The first-order valence-electron chi connectivity index (χ1n) is 8.57. The van der Waals surface area contributed by atoms with Crippen molar-refractivity contribution in [3.63, 3.8) is 0 Å². The van der Waals surface area contributed by atoms with E-state index < -0.39 is 49.6 Å². The summed E-state index contributed by atoms with van der Waals surface area (Å²) in [5.41, 5.74) is -0.444. The van der Waals surface area contributed by atoms with Gasteiger partial charge in [0.05, 0.1) is 18.3 Å². The lowest BCUT2D eigenvalue weighted by Gasteiger charge is -2.41. The summed E-state index contributed by atoms with van der Waals surface area (Å²) in [5, 5.41) is 9.19. The number of nitrogens with zero attached hydrogens (tertiary/aromatic N) is 1. The highest BCUT2D eigenvalue weighted by Crippen LogP contribution is 2.42. The van der Waals surface area contributed by atoms with Crippen LogP contribution in [0.1, 0.15) is 38.0 Å². The molecule has 1 N–H and O–H groups in total. The van der Waals surface area contributed by atoms with Crippen LogP contribution in [0.4, 0.5) is 18.0 Å². The number of hydrogen-bond acceptors (Lipinski definition) is 4. The summed E-state index contributed by atoms with van der Waals surface area (Å²) in [7, 11) is -2.45. The van der Waals surface area contributed by atoms with Gasteiger partial charge in [0.1, 0.15) is 6.04 Å². The molecule has 0 saturated carbocycles. The molecule has 1 aliphatic rings. The normalized spacial score (nSPS) is 22.4. The Morgan fingerprint density at radius 1 is 1.29 bits per heavy atom. The molecular formula is C17H24F3NO5SSi. The minimum absolute atomic E-state index is 0.181. The highest BCUT2D eigenvalue weighted by atomic mass is 32.2. The molecule has 1 aliphatic heterocycles. The van der Waals surface area contributed by atoms with Gasteiger partial charge in [-0.2, -0.15) is 17.5 Å². The van der Waals surface area contributed by atoms with Crippen LogP contribution in [0.25, 0.3) is 0 Å². The van der Waals surface area contributed by atoms with Crippen molar-refractivity contribution in [1.82, 2.24) is 4.31 Å². The average Bonchev–Trinajstić information content (AvgIpc) is 2.92. The Morgan fingerprint density at radius 2 is 1.82 bits per heavy atom. The Bertz CT molecular complexity index is 749. The standard InChI is InChI=1S/C17H24F3NO5SSi/c1-16(2,3)28(4,5)26-14(13-10-25-27(24)21(13)15(22)23)11-6-8-12(9-7-11)17(18,19)20/h6-9,13-14H,10H2,1-5H3,(H,22,23)/t13-,14?,27?/m1/s1. The highest BCUT2D eigenvalue weighted by molar-refractivity contribution is 7.78. The van der Waals surface area contributed by atoms with Crippen LogP contribution in [0.5, 0.6) is 0 Å². The van der Waals surface area contributed by atoms with E-state index in [0.717, 1.165) is 12.1 Å². The molecule has 2 unspecified atom stereocenters. The molecule has 1 saturated heterocycles. The third-order valence-electron chi connectivity index (χ3n) is 5.13. The Morgan fingerprint density at radius 3 is 2.25 bits per heavy atom. The topological polar surface area (TPSA) is 76.1 Å². The van der Waals surface area contributed by atoms with Crippen molar-refractivity contribution < 1.29 is 35.9 Å². The summed E-state index contributed by atoms with van der Waals surface area (Å²) in [6.45, 7) is 9.67. The lowest BCUT2D eigenvalue weighted by atomic mass is 10.0. The Kier molecular flexibility index (Phi) is 6.34. The van der Waals surface area contributed by atoms with Crippen LogP contribution in [-0.2, 0) is 26.1 Å². The van der Waals surface area contributed by atoms with E-state index in [-0.39, 0.29) is 11.6 Å². The first-order valence-corrected chi connectivity index (χ1v) is 12.5. The molecule has 2 rings (SSSR count). The van der Waals surface area contributed by atoms with Crippen LogP contribution >= 0.6 is 0 Å². The summed E-state index contributed by atoms with van der Waals surface area (Å²) in [5.74, 6) is 0. The van der Waals surface area contributed by atoms with E-state index in [0.29, 0.717) is 9.87 Å². The van der Waals surface area contributed by atoms with Gasteiger partial charge < -0.3 is 9.53 Å². The molecule has 1 aromatic rings. The molecule has 0 spiro atoms. The molecular weight excluding hydrogens is 415 g/mol. The first-order chi connectivity index (χ1) is 12.6. The van der Waals surface area contributed by atoms with Crippen molar-refractivity contribution in [2.75, 3.05) is 6.61 Å². The molecule has 3 atom stereocenters. The SMILES string of the molecule is CC(C)(C)[Si](C)(C)OC(c1ccc(C(F)(F)F)cc1)[C@H]1COS(=O)N1C(=O)O. The number of carbonyl (C=O) groups is 1. The largest absolute Gasteiger partial charge is 0.464 e. The zero-order chi connectivity index (χ0) is 21.5. The maximum absolute atomic E-state index is 12.9. The average molecular weight is 440 g/mol. The van der Waals surface area contributed by atoms with E-state index in [9.17, 15) is 27.3 Å². The van der Waals surface area contributed by atoms with Crippen molar-refractivity contribution >= 4 is 25.7 Å². The minimum Gasteiger partial charge on any atom is -0.464 e. The van der Waals surface area contributed by atoms with E-state index in [1.54, 1.807) is 0 Å². The third-order valence-corrected chi connectivity index (χ3v) is 10.7. The van der Waals surface area contributed by atoms with Crippen molar-refractivity contribution in [2.45, 2.75) is 57.2 Å². The Hall–Kier alpha value is -1.43. The van der Waals surface area contributed by atoms with Crippen LogP contribution in [0.2, 0.25) is 18.1 Å². The Balaban J connectivity index is 2.48. The summed E-state index contributed by atoms with van der Waals surface area (Å²) >= 11 is -2.19. The van der Waals surface area contributed by atoms with Gasteiger partial charge in [-0.3, -0.25) is 4.18 Å². The second-order valence-corrected chi connectivity index (χ2v) is 13.9. The van der Waals surface area contributed by atoms with Crippen LogP contribution in [0.3, 0.4) is 0 Å². The van der Waals surface area contributed by atoms with Gasteiger partial charge in [-0.25, -0.2) is 9.00 Å². The van der Waals surface area contributed by atoms with Gasteiger partial charge in [0.25, 0.3) is 11.3 Å². The van der Waals surface area contributed by atoms with Crippen molar-refractivity contribution in [1.29, 1.82) is 0 Å². The zero-order valence-electron chi connectivity index (χ0n) is 16.2. The molecule has 1 heterocycles. The monoisotopic (exact) mass is 439 g/mol. The van der Waals surface area contributed by atoms with E-state index in [4.69, 9.17) is 8.61 Å². The molecule has 0 radical (unpaired) electrons. The third kappa shape index (κ3) is 4.76. The number of alkyl halides is 3. The zero-order valence-corrected chi connectivity index (χ0v) is 18.1. The highest BCUT2D eigenvalue weighted by Gasteiger charge is 2.47. The van der Waals surface area contributed by atoms with Gasteiger partial charge in [-0.1, -0.05) is 32.9 Å². The quantitative estimate of drug-likeness (QED) is 0.687. The predicted octanol–water partition coefficient (Wildman–Crippen LogP) is 4.73. The van der Waals surface area contributed by atoms with Crippen LogP contribution < -0.4 is 0 Å². The number of rotatable bonds is 4. The molecule has 11 heteroatoms. The lowest BCUT2D eigenvalue weighted by Crippen LogP contribution is -2.48. The molecule has 1 aromatic carbocycles. The summed E-state index contributed by atoms with van der Waals surface area (Å²) < 4.78 is 62.6. The molecule has 6 nitrogen and oxygen atoms in total. The number of halogens is 3. The van der Waals surface area contributed by atoms with Gasteiger partial charge in [-0.15, -0.1) is 0 Å². The second-order valence-electron chi connectivity index (χ2n) is 8.10. The minimum atomic E-state index is -4.49. The number of carboxylic acid groups (broad SMARTS) is 1. The van der Waals surface area contributed by atoms with Gasteiger partial charge in [0.2, 0.25) is 0 Å². The number of hydrogen-bond donors (Lipinski definition) is 1. The van der Waals surface area contributed by atoms with Gasteiger partial charge in [0.15, 0.2) is 8.32 Å². The Labute approximate surface area is 165 Å². The molecule has 1 fully saturated rings.